The zero-order valence-electron chi connectivity index (χ0n) is 9.92. The van der Waals surface area contributed by atoms with Crippen molar-refractivity contribution >= 4 is 32.0 Å². The molecule has 0 aliphatic rings. The maximum Gasteiger partial charge on any atom is 0.264 e. The highest BCUT2D eigenvalue weighted by atomic mass is 32.2. The molecule has 0 aromatic carbocycles. The zero-order chi connectivity index (χ0) is 13.4. The van der Waals surface area contributed by atoms with E-state index in [-0.39, 0.29) is 13.2 Å². The predicted octanol–water partition coefficient (Wildman–Crippen LogP) is 0.452. The lowest BCUT2D eigenvalue weighted by Gasteiger charge is -2.02. The van der Waals surface area contributed by atoms with Crippen molar-refractivity contribution in [1.29, 1.82) is 0 Å². The van der Waals surface area contributed by atoms with Gasteiger partial charge in [-0.05, 0) is 24.3 Å². The minimum Gasteiger partial charge on any atom is -0.270 e. The summed E-state index contributed by atoms with van der Waals surface area (Å²) in [6.45, 7) is 0.372. The first-order valence-corrected chi connectivity index (χ1v) is 9.76. The van der Waals surface area contributed by atoms with Gasteiger partial charge in [0.2, 0.25) is 0 Å². The van der Waals surface area contributed by atoms with Gasteiger partial charge in [-0.1, -0.05) is 0 Å². The summed E-state index contributed by atoms with van der Waals surface area (Å²) in [6.07, 6.45) is 3.32. The van der Waals surface area contributed by atoms with Gasteiger partial charge in [0.1, 0.15) is 0 Å². The summed E-state index contributed by atoms with van der Waals surface area (Å²) in [4.78, 5) is 0. The summed E-state index contributed by atoms with van der Waals surface area (Å²) in [5.41, 5.74) is 0. The van der Waals surface area contributed by atoms with Crippen LogP contribution in [-0.4, -0.2) is 54.1 Å². The lowest BCUT2D eigenvalue weighted by Crippen LogP contribution is -2.06. The summed E-state index contributed by atoms with van der Waals surface area (Å²) < 4.78 is 51.5. The molecule has 0 fully saturated rings. The highest BCUT2D eigenvalue weighted by molar-refractivity contribution is 7.99. The van der Waals surface area contributed by atoms with E-state index in [1.807, 2.05) is 0 Å². The summed E-state index contributed by atoms with van der Waals surface area (Å²) in [5, 5.41) is 0. The average Bonchev–Trinajstić information content (AvgIpc) is 2.11. The van der Waals surface area contributed by atoms with Gasteiger partial charge in [-0.3, -0.25) is 8.37 Å². The predicted molar refractivity (Wildman–Crippen MR) is 68.2 cm³/mol. The summed E-state index contributed by atoms with van der Waals surface area (Å²) in [6, 6.07) is 0. The molecule has 0 amide bonds. The van der Waals surface area contributed by atoms with Gasteiger partial charge >= 0.3 is 0 Å². The van der Waals surface area contributed by atoms with Gasteiger partial charge in [-0.25, -0.2) is 0 Å². The standard InChI is InChI=1S/C8H18O6S3/c1-16(9,10)13-5-3-7-15-8-4-6-14-17(2,11)12/h3-8H2,1-2H3. The van der Waals surface area contributed by atoms with Crippen LogP contribution in [0.15, 0.2) is 0 Å². The molecule has 0 aliphatic heterocycles. The van der Waals surface area contributed by atoms with Gasteiger partial charge in [0.25, 0.3) is 20.2 Å². The van der Waals surface area contributed by atoms with Crippen LogP contribution < -0.4 is 0 Å². The Morgan fingerprint density at radius 2 is 1.18 bits per heavy atom. The maximum absolute atomic E-state index is 10.6. The van der Waals surface area contributed by atoms with Crippen LogP contribution in [0.5, 0.6) is 0 Å². The Morgan fingerprint density at radius 1 is 0.824 bits per heavy atom. The first kappa shape index (κ1) is 17.2. The van der Waals surface area contributed by atoms with Crippen LogP contribution in [0, 0.1) is 0 Å². The molecule has 0 aromatic heterocycles. The lowest BCUT2D eigenvalue weighted by molar-refractivity contribution is 0.322. The fourth-order valence-electron chi connectivity index (χ4n) is 0.845. The fourth-order valence-corrected chi connectivity index (χ4v) is 2.53. The van der Waals surface area contributed by atoms with Gasteiger partial charge in [0.15, 0.2) is 0 Å². The molecule has 0 aliphatic carbocycles. The SMILES string of the molecule is CS(=O)(=O)OCCCSCCCOS(C)(=O)=O. The monoisotopic (exact) mass is 306 g/mol. The van der Waals surface area contributed by atoms with E-state index >= 15 is 0 Å². The zero-order valence-corrected chi connectivity index (χ0v) is 12.4. The third-order valence-electron chi connectivity index (χ3n) is 1.46. The second-order valence-corrected chi connectivity index (χ2v) is 7.88. The largest absolute Gasteiger partial charge is 0.270 e. The van der Waals surface area contributed by atoms with Gasteiger partial charge in [-0.2, -0.15) is 28.6 Å². The van der Waals surface area contributed by atoms with E-state index in [1.54, 1.807) is 11.8 Å². The van der Waals surface area contributed by atoms with Crippen molar-refractivity contribution in [2.75, 3.05) is 37.2 Å². The van der Waals surface area contributed by atoms with Gasteiger partial charge in [-0.15, -0.1) is 0 Å². The van der Waals surface area contributed by atoms with Gasteiger partial charge in [0, 0.05) is 0 Å². The molecule has 0 bridgehead atoms. The van der Waals surface area contributed by atoms with Crippen molar-refractivity contribution in [1.82, 2.24) is 0 Å². The smallest absolute Gasteiger partial charge is 0.264 e. The van der Waals surface area contributed by atoms with E-state index in [4.69, 9.17) is 0 Å². The first-order chi connectivity index (χ1) is 7.71. The second-order valence-electron chi connectivity index (χ2n) is 3.37. The number of thioether (sulfide) groups is 1. The lowest BCUT2D eigenvalue weighted by atomic mass is 10.5. The molecule has 0 rings (SSSR count). The number of hydrogen-bond donors (Lipinski definition) is 0. The van der Waals surface area contributed by atoms with Crippen molar-refractivity contribution in [2.24, 2.45) is 0 Å². The maximum atomic E-state index is 10.6. The van der Waals surface area contributed by atoms with Gasteiger partial charge in [0.05, 0.1) is 25.7 Å². The van der Waals surface area contributed by atoms with Crippen molar-refractivity contribution in [3.63, 3.8) is 0 Å². The molecule has 17 heavy (non-hydrogen) atoms. The molecule has 0 unspecified atom stereocenters. The highest BCUT2D eigenvalue weighted by Gasteiger charge is 2.02. The summed E-state index contributed by atoms with van der Waals surface area (Å²) in [5.74, 6) is 1.54. The minimum absolute atomic E-state index is 0.186. The van der Waals surface area contributed by atoms with E-state index in [0.29, 0.717) is 12.8 Å². The molecule has 9 heteroatoms. The van der Waals surface area contributed by atoms with E-state index < -0.39 is 20.2 Å². The van der Waals surface area contributed by atoms with E-state index in [0.717, 1.165) is 24.0 Å². The summed E-state index contributed by atoms with van der Waals surface area (Å²) >= 11 is 1.60. The van der Waals surface area contributed by atoms with Crippen LogP contribution in [0.25, 0.3) is 0 Å². The third kappa shape index (κ3) is 16.2. The summed E-state index contributed by atoms with van der Waals surface area (Å²) in [7, 11) is -6.68. The molecular formula is C8H18O6S3. The Kier molecular flexibility index (Phi) is 8.39. The molecule has 104 valence electrons. The van der Waals surface area contributed by atoms with Gasteiger partial charge < -0.3 is 0 Å². The molecule has 0 saturated heterocycles. The van der Waals surface area contributed by atoms with E-state index in [9.17, 15) is 16.8 Å². The van der Waals surface area contributed by atoms with Crippen LogP contribution in [0.3, 0.4) is 0 Å². The molecule has 0 spiro atoms. The van der Waals surface area contributed by atoms with Crippen LogP contribution in [-0.2, 0) is 28.6 Å². The highest BCUT2D eigenvalue weighted by Crippen LogP contribution is 2.05. The van der Waals surface area contributed by atoms with Crippen molar-refractivity contribution < 1.29 is 25.2 Å². The van der Waals surface area contributed by atoms with Crippen LogP contribution in [0.2, 0.25) is 0 Å². The van der Waals surface area contributed by atoms with Crippen molar-refractivity contribution in [2.45, 2.75) is 12.8 Å². The molecule has 0 heterocycles. The molecular weight excluding hydrogens is 288 g/mol. The topological polar surface area (TPSA) is 86.7 Å². The van der Waals surface area contributed by atoms with Crippen LogP contribution >= 0.6 is 11.8 Å². The second kappa shape index (κ2) is 8.30. The Labute approximate surface area is 107 Å². The normalized spacial score (nSPS) is 12.8. The Hall–Kier alpha value is 0.170. The minimum atomic E-state index is -3.34. The van der Waals surface area contributed by atoms with E-state index in [2.05, 4.69) is 8.37 Å². The van der Waals surface area contributed by atoms with Crippen LogP contribution in [0.4, 0.5) is 0 Å². The van der Waals surface area contributed by atoms with Crippen LogP contribution in [0.1, 0.15) is 12.8 Å². The molecule has 0 radical (unpaired) electrons. The fraction of sp³-hybridized carbons (Fsp3) is 1.00. The average molecular weight is 306 g/mol. The third-order valence-corrected chi connectivity index (χ3v) is 3.81. The van der Waals surface area contributed by atoms with Crippen molar-refractivity contribution in [3.8, 4) is 0 Å². The molecule has 0 atom stereocenters. The molecule has 6 nitrogen and oxygen atoms in total. The molecule has 0 saturated carbocycles. The van der Waals surface area contributed by atoms with E-state index in [1.165, 1.54) is 0 Å². The Morgan fingerprint density at radius 3 is 1.47 bits per heavy atom. The molecule has 0 aromatic rings. The Bertz CT molecular complexity index is 347. The number of rotatable bonds is 10. The Balaban J connectivity index is 3.25. The molecule has 0 N–H and O–H groups in total. The quantitative estimate of drug-likeness (QED) is 0.428. The first-order valence-electron chi connectivity index (χ1n) is 4.97. The number of hydrogen-bond acceptors (Lipinski definition) is 7. The van der Waals surface area contributed by atoms with Crippen molar-refractivity contribution in [3.05, 3.63) is 0 Å².